The number of hydrogen-bond acceptors (Lipinski definition) is 5. The predicted molar refractivity (Wildman–Crippen MR) is 58.1 cm³/mol. The van der Waals surface area contributed by atoms with Gasteiger partial charge in [0.2, 0.25) is 5.13 Å². The molecule has 78 valence electrons. The number of nitrogen functional groups attached to an aromatic ring is 1. The molecule has 1 aromatic heterocycles. The Bertz CT molecular complexity index is 310. The zero-order valence-corrected chi connectivity index (χ0v) is 9.42. The largest absolute Gasteiger partial charge is 0.374 e. The van der Waals surface area contributed by atoms with Crippen molar-refractivity contribution >= 4 is 16.5 Å². The molecule has 1 fully saturated rings. The van der Waals surface area contributed by atoms with Crippen LogP contribution in [0, 0.1) is 0 Å². The average Bonchev–Trinajstić information content (AvgIpc) is 2.70. The number of nitrogens with zero attached hydrogens (tertiary/aromatic N) is 3. The molecule has 0 saturated carbocycles. The molecule has 4 nitrogen and oxygen atoms in total. The molecular formula is C9H16N4S. The van der Waals surface area contributed by atoms with Crippen LogP contribution in [-0.4, -0.2) is 27.7 Å². The molecule has 1 aromatic rings. The molecule has 2 rings (SSSR count). The van der Waals surface area contributed by atoms with E-state index in [1.54, 1.807) is 0 Å². The first-order chi connectivity index (χ1) is 6.68. The van der Waals surface area contributed by atoms with Crippen molar-refractivity contribution in [2.24, 2.45) is 0 Å². The second kappa shape index (κ2) is 3.82. The lowest BCUT2D eigenvalue weighted by atomic mass is 10.2. The van der Waals surface area contributed by atoms with Crippen molar-refractivity contribution in [3.8, 4) is 0 Å². The van der Waals surface area contributed by atoms with Gasteiger partial charge in [0, 0.05) is 6.04 Å². The maximum Gasteiger partial charge on any atom is 0.203 e. The molecule has 0 spiro atoms. The Balaban J connectivity index is 2.17. The Kier molecular flexibility index (Phi) is 2.69. The number of hydrogen-bond donors (Lipinski definition) is 1. The predicted octanol–water partition coefficient (Wildman–Crippen LogP) is 1.67. The molecule has 2 N–H and O–H groups in total. The van der Waals surface area contributed by atoms with E-state index < -0.39 is 0 Å². The summed E-state index contributed by atoms with van der Waals surface area (Å²) in [6.45, 7) is 5.62. The summed E-state index contributed by atoms with van der Waals surface area (Å²) in [4.78, 5) is 2.47. The van der Waals surface area contributed by atoms with Gasteiger partial charge in [-0.3, -0.25) is 4.90 Å². The fourth-order valence-electron chi connectivity index (χ4n) is 2.05. The van der Waals surface area contributed by atoms with Crippen LogP contribution in [0.2, 0.25) is 0 Å². The lowest BCUT2D eigenvalue weighted by molar-refractivity contribution is 0.204. The molecule has 1 atom stereocenters. The summed E-state index contributed by atoms with van der Waals surface area (Å²) in [5.74, 6) is 0. The van der Waals surface area contributed by atoms with Crippen LogP contribution < -0.4 is 5.73 Å². The lowest BCUT2D eigenvalue weighted by Crippen LogP contribution is -2.30. The van der Waals surface area contributed by atoms with Crippen LogP contribution in [0.5, 0.6) is 0 Å². The van der Waals surface area contributed by atoms with Crippen LogP contribution in [0.15, 0.2) is 0 Å². The van der Waals surface area contributed by atoms with E-state index in [1.165, 1.54) is 30.7 Å². The van der Waals surface area contributed by atoms with Crippen LogP contribution in [0.25, 0.3) is 0 Å². The third-order valence-electron chi connectivity index (χ3n) is 2.70. The van der Waals surface area contributed by atoms with Gasteiger partial charge in [0.25, 0.3) is 0 Å². The van der Waals surface area contributed by atoms with Crippen LogP contribution >= 0.6 is 11.3 Å². The highest BCUT2D eigenvalue weighted by molar-refractivity contribution is 7.15. The maximum atomic E-state index is 5.59. The van der Waals surface area contributed by atoms with E-state index >= 15 is 0 Å². The molecule has 0 bridgehead atoms. The SMILES string of the molecule is CC(C)N1CCC[C@H]1c1nnc(N)s1. The van der Waals surface area contributed by atoms with Gasteiger partial charge in [0.15, 0.2) is 0 Å². The summed E-state index contributed by atoms with van der Waals surface area (Å²) < 4.78 is 0. The fraction of sp³-hybridized carbons (Fsp3) is 0.778. The van der Waals surface area contributed by atoms with E-state index in [1.807, 2.05) is 0 Å². The highest BCUT2D eigenvalue weighted by Crippen LogP contribution is 2.35. The molecule has 0 aliphatic carbocycles. The van der Waals surface area contributed by atoms with E-state index in [9.17, 15) is 0 Å². The summed E-state index contributed by atoms with van der Waals surface area (Å²) >= 11 is 1.52. The highest BCUT2D eigenvalue weighted by atomic mass is 32.1. The standard InChI is InChI=1S/C9H16N4S/c1-6(2)13-5-3-4-7(13)8-11-12-9(10)14-8/h6-7H,3-5H2,1-2H3,(H2,10,12)/t7-/m0/s1. The molecule has 0 radical (unpaired) electrons. The minimum absolute atomic E-state index is 0.449. The maximum absolute atomic E-state index is 5.59. The number of rotatable bonds is 2. The number of anilines is 1. The van der Waals surface area contributed by atoms with Crippen LogP contribution in [0.1, 0.15) is 37.7 Å². The number of aromatic nitrogens is 2. The van der Waals surface area contributed by atoms with Gasteiger partial charge in [-0.1, -0.05) is 11.3 Å². The third kappa shape index (κ3) is 1.74. The molecule has 1 aliphatic rings. The highest BCUT2D eigenvalue weighted by Gasteiger charge is 2.30. The van der Waals surface area contributed by atoms with Crippen molar-refractivity contribution in [3.05, 3.63) is 5.01 Å². The van der Waals surface area contributed by atoms with Gasteiger partial charge in [-0.15, -0.1) is 10.2 Å². The number of likely N-dealkylation sites (tertiary alicyclic amines) is 1. The summed E-state index contributed by atoms with van der Waals surface area (Å²) in [5.41, 5.74) is 5.59. The van der Waals surface area contributed by atoms with Crippen LogP contribution in [0.3, 0.4) is 0 Å². The molecule has 0 aromatic carbocycles. The van der Waals surface area contributed by atoms with Crippen molar-refractivity contribution in [3.63, 3.8) is 0 Å². The fourth-order valence-corrected chi connectivity index (χ4v) is 2.82. The summed E-state index contributed by atoms with van der Waals surface area (Å²) in [7, 11) is 0. The zero-order valence-electron chi connectivity index (χ0n) is 8.60. The minimum Gasteiger partial charge on any atom is -0.374 e. The molecule has 5 heteroatoms. The smallest absolute Gasteiger partial charge is 0.203 e. The number of nitrogens with two attached hydrogens (primary N) is 1. The van der Waals surface area contributed by atoms with Crippen LogP contribution in [-0.2, 0) is 0 Å². The quantitative estimate of drug-likeness (QED) is 0.810. The Morgan fingerprint density at radius 1 is 1.50 bits per heavy atom. The van der Waals surface area contributed by atoms with Crippen molar-refractivity contribution in [1.29, 1.82) is 0 Å². The van der Waals surface area contributed by atoms with E-state index in [0.717, 1.165) is 5.01 Å². The van der Waals surface area contributed by atoms with Gasteiger partial charge in [0.1, 0.15) is 5.01 Å². The van der Waals surface area contributed by atoms with E-state index in [4.69, 9.17) is 5.73 Å². The minimum atomic E-state index is 0.449. The second-order valence-electron chi connectivity index (χ2n) is 3.97. The molecule has 0 amide bonds. The topological polar surface area (TPSA) is 55.0 Å². The zero-order chi connectivity index (χ0) is 10.1. The van der Waals surface area contributed by atoms with Crippen molar-refractivity contribution < 1.29 is 0 Å². The van der Waals surface area contributed by atoms with Crippen molar-refractivity contribution in [2.45, 2.75) is 38.8 Å². The molecule has 2 heterocycles. The summed E-state index contributed by atoms with van der Waals surface area (Å²) in [6.07, 6.45) is 2.44. The average molecular weight is 212 g/mol. The van der Waals surface area contributed by atoms with Gasteiger partial charge in [0.05, 0.1) is 6.04 Å². The first-order valence-electron chi connectivity index (χ1n) is 5.03. The first kappa shape index (κ1) is 9.86. The third-order valence-corrected chi connectivity index (χ3v) is 3.55. The molecule has 1 saturated heterocycles. The van der Waals surface area contributed by atoms with Gasteiger partial charge in [-0.05, 0) is 33.2 Å². The molecule has 14 heavy (non-hydrogen) atoms. The monoisotopic (exact) mass is 212 g/mol. The van der Waals surface area contributed by atoms with E-state index in [2.05, 4.69) is 28.9 Å². The summed E-state index contributed by atoms with van der Waals surface area (Å²) in [6, 6.07) is 1.03. The normalized spacial score (nSPS) is 23.5. The Labute approximate surface area is 88.1 Å². The Morgan fingerprint density at radius 2 is 2.29 bits per heavy atom. The van der Waals surface area contributed by atoms with Gasteiger partial charge < -0.3 is 5.73 Å². The van der Waals surface area contributed by atoms with Gasteiger partial charge >= 0.3 is 0 Å². The Hall–Kier alpha value is -0.680. The van der Waals surface area contributed by atoms with Gasteiger partial charge in [-0.2, -0.15) is 0 Å². The molecule has 0 unspecified atom stereocenters. The van der Waals surface area contributed by atoms with Crippen LogP contribution in [0.4, 0.5) is 5.13 Å². The molecule has 1 aliphatic heterocycles. The van der Waals surface area contributed by atoms with Gasteiger partial charge in [-0.25, -0.2) is 0 Å². The van der Waals surface area contributed by atoms with Crippen molar-refractivity contribution in [1.82, 2.24) is 15.1 Å². The van der Waals surface area contributed by atoms with E-state index in [-0.39, 0.29) is 0 Å². The lowest BCUT2D eigenvalue weighted by Gasteiger charge is -2.26. The summed E-state index contributed by atoms with van der Waals surface area (Å²) in [5, 5.41) is 9.66. The Morgan fingerprint density at radius 3 is 2.86 bits per heavy atom. The second-order valence-corrected chi connectivity index (χ2v) is 5.01. The molecular weight excluding hydrogens is 196 g/mol. The van der Waals surface area contributed by atoms with Crippen molar-refractivity contribution in [2.75, 3.05) is 12.3 Å². The first-order valence-corrected chi connectivity index (χ1v) is 5.84. The van der Waals surface area contributed by atoms with E-state index in [0.29, 0.717) is 17.2 Å².